The van der Waals surface area contributed by atoms with Crippen LogP contribution in [0.4, 0.5) is 0 Å². The van der Waals surface area contributed by atoms with Gasteiger partial charge in [-0.2, -0.15) is 11.8 Å². The van der Waals surface area contributed by atoms with Crippen LogP contribution in [0.1, 0.15) is 13.8 Å². The van der Waals surface area contributed by atoms with E-state index >= 15 is 0 Å². The molecule has 2 heteroatoms. The molecule has 1 aliphatic rings. The SMILES string of the molecule is CC(=O)C1CSCC1C. The molecule has 52 valence electrons. The first-order valence-electron chi connectivity index (χ1n) is 3.30. The minimum atomic E-state index is 0.356. The van der Waals surface area contributed by atoms with Gasteiger partial charge in [0, 0.05) is 11.7 Å². The molecule has 2 unspecified atom stereocenters. The Morgan fingerprint density at radius 3 is 2.44 bits per heavy atom. The van der Waals surface area contributed by atoms with Crippen LogP contribution in [0.5, 0.6) is 0 Å². The van der Waals surface area contributed by atoms with Gasteiger partial charge in [0.2, 0.25) is 0 Å². The normalized spacial score (nSPS) is 34.9. The van der Waals surface area contributed by atoms with Gasteiger partial charge in [0.15, 0.2) is 0 Å². The molecule has 1 rings (SSSR count). The molecule has 0 bridgehead atoms. The van der Waals surface area contributed by atoms with Crippen LogP contribution in [-0.2, 0) is 4.79 Å². The van der Waals surface area contributed by atoms with Crippen molar-refractivity contribution in [3.63, 3.8) is 0 Å². The number of hydrogen-bond donors (Lipinski definition) is 0. The van der Waals surface area contributed by atoms with E-state index in [0.29, 0.717) is 17.6 Å². The molecular weight excluding hydrogens is 132 g/mol. The first-order valence-corrected chi connectivity index (χ1v) is 4.45. The summed E-state index contributed by atoms with van der Waals surface area (Å²) in [5.41, 5.74) is 0. The Balaban J connectivity index is 2.49. The van der Waals surface area contributed by atoms with Gasteiger partial charge in [0.1, 0.15) is 5.78 Å². The highest BCUT2D eigenvalue weighted by atomic mass is 32.2. The third-order valence-electron chi connectivity index (χ3n) is 1.89. The Bertz CT molecular complexity index is 122. The largest absolute Gasteiger partial charge is 0.300 e. The molecule has 0 aliphatic carbocycles. The van der Waals surface area contributed by atoms with Crippen LogP contribution < -0.4 is 0 Å². The van der Waals surface area contributed by atoms with Crippen LogP contribution in [0.2, 0.25) is 0 Å². The molecule has 2 atom stereocenters. The number of thioether (sulfide) groups is 1. The maximum absolute atomic E-state index is 10.8. The molecule has 0 spiro atoms. The summed E-state index contributed by atoms with van der Waals surface area (Å²) >= 11 is 1.90. The molecule has 0 aromatic rings. The summed E-state index contributed by atoms with van der Waals surface area (Å²) in [5.74, 6) is 3.57. The van der Waals surface area contributed by atoms with Gasteiger partial charge in [-0.05, 0) is 18.6 Å². The quantitative estimate of drug-likeness (QED) is 0.555. The Kier molecular flexibility index (Phi) is 2.17. The maximum Gasteiger partial charge on any atom is 0.134 e. The van der Waals surface area contributed by atoms with E-state index in [-0.39, 0.29) is 0 Å². The Morgan fingerprint density at radius 2 is 2.22 bits per heavy atom. The molecule has 1 fully saturated rings. The van der Waals surface area contributed by atoms with Gasteiger partial charge < -0.3 is 0 Å². The van der Waals surface area contributed by atoms with Crippen molar-refractivity contribution < 1.29 is 4.79 Å². The monoisotopic (exact) mass is 144 g/mol. The van der Waals surface area contributed by atoms with Gasteiger partial charge in [-0.1, -0.05) is 6.92 Å². The first-order chi connectivity index (χ1) is 4.22. The van der Waals surface area contributed by atoms with Crippen LogP contribution in [0, 0.1) is 11.8 Å². The number of carbonyl (C=O) groups is 1. The van der Waals surface area contributed by atoms with Crippen molar-refractivity contribution >= 4 is 17.5 Å². The Morgan fingerprint density at radius 1 is 1.56 bits per heavy atom. The molecule has 0 radical (unpaired) electrons. The zero-order valence-electron chi connectivity index (χ0n) is 5.89. The molecular formula is C7H12OS. The lowest BCUT2D eigenvalue weighted by Gasteiger charge is -2.08. The van der Waals surface area contributed by atoms with E-state index in [0.717, 1.165) is 5.75 Å². The Labute approximate surface area is 60.2 Å². The summed E-state index contributed by atoms with van der Waals surface area (Å²) in [4.78, 5) is 10.8. The predicted molar refractivity (Wildman–Crippen MR) is 40.7 cm³/mol. The number of hydrogen-bond acceptors (Lipinski definition) is 2. The van der Waals surface area contributed by atoms with E-state index in [1.54, 1.807) is 6.92 Å². The molecule has 9 heavy (non-hydrogen) atoms. The van der Waals surface area contributed by atoms with Crippen molar-refractivity contribution in [2.45, 2.75) is 13.8 Å². The van der Waals surface area contributed by atoms with Gasteiger partial charge >= 0.3 is 0 Å². The van der Waals surface area contributed by atoms with Gasteiger partial charge in [-0.3, -0.25) is 4.79 Å². The molecule has 0 N–H and O–H groups in total. The zero-order valence-corrected chi connectivity index (χ0v) is 6.70. The van der Waals surface area contributed by atoms with E-state index in [2.05, 4.69) is 6.92 Å². The highest BCUT2D eigenvalue weighted by Crippen LogP contribution is 2.29. The van der Waals surface area contributed by atoms with Crippen molar-refractivity contribution in [3.05, 3.63) is 0 Å². The fraction of sp³-hybridized carbons (Fsp3) is 0.857. The predicted octanol–water partition coefficient (Wildman–Crippen LogP) is 1.57. The highest BCUT2D eigenvalue weighted by molar-refractivity contribution is 7.99. The fourth-order valence-corrected chi connectivity index (χ4v) is 2.74. The van der Waals surface area contributed by atoms with Crippen molar-refractivity contribution in [2.75, 3.05) is 11.5 Å². The fourth-order valence-electron chi connectivity index (χ4n) is 1.18. The van der Waals surface area contributed by atoms with E-state index in [4.69, 9.17) is 0 Å². The van der Waals surface area contributed by atoms with Gasteiger partial charge in [-0.15, -0.1) is 0 Å². The number of ketones is 1. The van der Waals surface area contributed by atoms with Crippen LogP contribution >= 0.6 is 11.8 Å². The summed E-state index contributed by atoms with van der Waals surface area (Å²) in [7, 11) is 0. The minimum Gasteiger partial charge on any atom is -0.300 e. The topological polar surface area (TPSA) is 17.1 Å². The van der Waals surface area contributed by atoms with E-state index in [1.807, 2.05) is 11.8 Å². The van der Waals surface area contributed by atoms with E-state index < -0.39 is 0 Å². The van der Waals surface area contributed by atoms with Crippen molar-refractivity contribution in [3.8, 4) is 0 Å². The minimum absolute atomic E-state index is 0.356. The molecule has 0 saturated carbocycles. The maximum atomic E-state index is 10.8. The lowest BCUT2D eigenvalue weighted by molar-refractivity contribution is -0.120. The third kappa shape index (κ3) is 1.48. The number of Topliss-reactive ketones (excluding diaryl/α,β-unsaturated/α-hetero) is 1. The zero-order chi connectivity index (χ0) is 6.85. The molecule has 0 aromatic carbocycles. The van der Waals surface area contributed by atoms with E-state index in [1.165, 1.54) is 5.75 Å². The highest BCUT2D eigenvalue weighted by Gasteiger charge is 2.26. The number of carbonyl (C=O) groups excluding carboxylic acids is 1. The van der Waals surface area contributed by atoms with Crippen molar-refractivity contribution in [1.82, 2.24) is 0 Å². The summed E-state index contributed by atoms with van der Waals surface area (Å²) < 4.78 is 0. The molecule has 1 nitrogen and oxygen atoms in total. The summed E-state index contributed by atoms with van der Waals surface area (Å²) in [6.07, 6.45) is 0. The average Bonchev–Trinajstić information content (AvgIpc) is 2.13. The van der Waals surface area contributed by atoms with Gasteiger partial charge in [-0.25, -0.2) is 0 Å². The number of rotatable bonds is 1. The lowest BCUT2D eigenvalue weighted by atomic mass is 9.95. The second kappa shape index (κ2) is 2.74. The van der Waals surface area contributed by atoms with Gasteiger partial charge in [0.05, 0.1) is 0 Å². The second-order valence-corrected chi connectivity index (χ2v) is 3.81. The van der Waals surface area contributed by atoms with Gasteiger partial charge in [0.25, 0.3) is 0 Å². The molecule has 0 amide bonds. The summed E-state index contributed by atoms with van der Waals surface area (Å²) in [6, 6.07) is 0. The lowest BCUT2D eigenvalue weighted by Crippen LogP contribution is -2.16. The van der Waals surface area contributed by atoms with E-state index in [9.17, 15) is 4.79 Å². The van der Waals surface area contributed by atoms with Crippen molar-refractivity contribution in [1.29, 1.82) is 0 Å². The summed E-state index contributed by atoms with van der Waals surface area (Å²) in [6.45, 7) is 3.86. The molecule has 0 aromatic heterocycles. The standard InChI is InChI=1S/C7H12OS/c1-5-3-9-4-7(5)6(2)8/h5,7H,3-4H2,1-2H3. The van der Waals surface area contributed by atoms with Crippen LogP contribution in [-0.4, -0.2) is 17.3 Å². The van der Waals surface area contributed by atoms with Crippen LogP contribution in [0.25, 0.3) is 0 Å². The second-order valence-electron chi connectivity index (χ2n) is 2.73. The summed E-state index contributed by atoms with van der Waals surface area (Å²) in [5, 5.41) is 0. The molecule has 1 heterocycles. The van der Waals surface area contributed by atoms with Crippen molar-refractivity contribution in [2.24, 2.45) is 11.8 Å². The first kappa shape index (κ1) is 7.13. The average molecular weight is 144 g/mol. The van der Waals surface area contributed by atoms with Crippen LogP contribution in [0.3, 0.4) is 0 Å². The smallest absolute Gasteiger partial charge is 0.134 e. The molecule has 1 saturated heterocycles. The van der Waals surface area contributed by atoms with Crippen LogP contribution in [0.15, 0.2) is 0 Å². The Hall–Kier alpha value is 0.0200. The molecule has 1 aliphatic heterocycles. The third-order valence-corrected chi connectivity index (χ3v) is 3.24.